The highest BCUT2D eigenvalue weighted by atomic mass is 32.2. The highest BCUT2D eigenvalue weighted by molar-refractivity contribution is 7.92. The Morgan fingerprint density at radius 1 is 1.15 bits per heavy atom. The topological polar surface area (TPSA) is 66.5 Å². The van der Waals surface area contributed by atoms with Crippen molar-refractivity contribution in [1.82, 2.24) is 5.32 Å². The van der Waals surface area contributed by atoms with Crippen LogP contribution < -0.4 is 9.62 Å². The number of nitrogens with one attached hydrogen (secondary N) is 1. The Hall–Kier alpha value is -2.34. The highest BCUT2D eigenvalue weighted by Crippen LogP contribution is 2.30. The molecular formula is C21H26N2O3S. The molecule has 0 saturated heterocycles. The van der Waals surface area contributed by atoms with E-state index < -0.39 is 16.1 Å². The Morgan fingerprint density at radius 3 is 2.48 bits per heavy atom. The van der Waals surface area contributed by atoms with Crippen LogP contribution in [0.5, 0.6) is 0 Å². The van der Waals surface area contributed by atoms with Crippen LogP contribution in [0.15, 0.2) is 54.6 Å². The molecule has 0 radical (unpaired) electrons. The summed E-state index contributed by atoms with van der Waals surface area (Å²) in [5, 5.41) is 3.10. The fourth-order valence-corrected chi connectivity index (χ4v) is 5.02. The van der Waals surface area contributed by atoms with Crippen molar-refractivity contribution < 1.29 is 13.2 Å². The van der Waals surface area contributed by atoms with E-state index in [1.54, 1.807) is 24.3 Å². The van der Waals surface area contributed by atoms with E-state index in [0.717, 1.165) is 31.1 Å². The van der Waals surface area contributed by atoms with Gasteiger partial charge in [-0.3, -0.25) is 9.10 Å². The van der Waals surface area contributed by atoms with Crippen LogP contribution >= 0.6 is 0 Å². The van der Waals surface area contributed by atoms with Gasteiger partial charge in [-0.2, -0.15) is 0 Å². The number of hydrogen-bond acceptors (Lipinski definition) is 3. The van der Waals surface area contributed by atoms with Gasteiger partial charge in [-0.15, -0.1) is 0 Å². The van der Waals surface area contributed by atoms with Crippen molar-refractivity contribution in [3.05, 3.63) is 65.7 Å². The van der Waals surface area contributed by atoms with E-state index in [-0.39, 0.29) is 11.9 Å². The number of rotatable bonds is 6. The van der Waals surface area contributed by atoms with Crippen molar-refractivity contribution in [2.24, 2.45) is 0 Å². The molecule has 2 aromatic rings. The number of sulfonamides is 1. The largest absolute Gasteiger partial charge is 0.347 e. The Morgan fingerprint density at radius 2 is 1.81 bits per heavy atom. The molecule has 1 amide bonds. The predicted molar refractivity (Wildman–Crippen MR) is 108 cm³/mol. The minimum Gasteiger partial charge on any atom is -0.347 e. The Kier molecular flexibility index (Phi) is 5.85. The third kappa shape index (κ3) is 4.33. The summed E-state index contributed by atoms with van der Waals surface area (Å²) < 4.78 is 26.2. The molecule has 0 heterocycles. The first-order chi connectivity index (χ1) is 12.9. The predicted octanol–water partition coefficient (Wildman–Crippen LogP) is 3.43. The van der Waals surface area contributed by atoms with Crippen molar-refractivity contribution in [2.75, 3.05) is 10.6 Å². The van der Waals surface area contributed by atoms with Gasteiger partial charge in [0.2, 0.25) is 15.9 Å². The van der Waals surface area contributed by atoms with Gasteiger partial charge in [-0.05, 0) is 48.9 Å². The van der Waals surface area contributed by atoms with Crippen LogP contribution in [0.1, 0.15) is 43.4 Å². The fourth-order valence-electron chi connectivity index (χ4n) is 3.81. The van der Waals surface area contributed by atoms with Gasteiger partial charge in [0.15, 0.2) is 0 Å². The lowest BCUT2D eigenvalue weighted by atomic mass is 9.87. The molecule has 27 heavy (non-hydrogen) atoms. The summed E-state index contributed by atoms with van der Waals surface area (Å²) in [6.45, 7) is 1.83. The van der Waals surface area contributed by atoms with E-state index in [1.165, 1.54) is 9.87 Å². The quantitative estimate of drug-likeness (QED) is 0.827. The van der Waals surface area contributed by atoms with Gasteiger partial charge in [-0.25, -0.2) is 8.42 Å². The summed E-state index contributed by atoms with van der Waals surface area (Å²) in [7, 11) is -3.60. The number of nitrogens with zero attached hydrogens (tertiary/aromatic N) is 1. The number of amides is 1. The molecule has 144 valence electrons. The summed E-state index contributed by atoms with van der Waals surface area (Å²) in [6.07, 6.45) is 4.42. The highest BCUT2D eigenvalue weighted by Gasteiger charge is 2.33. The summed E-state index contributed by atoms with van der Waals surface area (Å²) in [6, 6.07) is 16.1. The molecule has 1 aliphatic carbocycles. The van der Waals surface area contributed by atoms with E-state index in [9.17, 15) is 13.2 Å². The standard InChI is InChI=1S/C21H26N2O3S/c1-3-20(23(27(2,25)26)17-12-5-4-6-13-17)21(24)22-19-15-9-11-16-10-7-8-14-18(16)19/h4-8,10,12-14,19-20H,3,9,11,15H2,1-2H3,(H,22,24)/t19-,20-/m0/s1. The maximum atomic E-state index is 13.1. The number of hydrogen-bond donors (Lipinski definition) is 1. The van der Waals surface area contributed by atoms with E-state index in [4.69, 9.17) is 0 Å². The van der Waals surface area contributed by atoms with E-state index in [2.05, 4.69) is 11.4 Å². The lowest BCUT2D eigenvalue weighted by Gasteiger charge is -2.33. The van der Waals surface area contributed by atoms with Crippen LogP contribution in [0.2, 0.25) is 0 Å². The van der Waals surface area contributed by atoms with Crippen molar-refractivity contribution in [1.29, 1.82) is 0 Å². The lowest BCUT2D eigenvalue weighted by molar-refractivity contribution is -0.123. The second-order valence-electron chi connectivity index (χ2n) is 6.97. The first-order valence-corrected chi connectivity index (χ1v) is 11.2. The first kappa shape index (κ1) is 19.4. The van der Waals surface area contributed by atoms with Gasteiger partial charge in [0.25, 0.3) is 0 Å². The minimum atomic E-state index is -3.60. The average molecular weight is 387 g/mol. The number of para-hydroxylation sites is 1. The Balaban J connectivity index is 1.87. The van der Waals surface area contributed by atoms with Gasteiger partial charge < -0.3 is 5.32 Å². The molecule has 0 bridgehead atoms. The summed E-state index contributed by atoms with van der Waals surface area (Å²) >= 11 is 0. The van der Waals surface area contributed by atoms with Gasteiger partial charge in [-0.1, -0.05) is 49.4 Å². The normalized spacial score (nSPS) is 17.6. The molecule has 2 atom stereocenters. The second kappa shape index (κ2) is 8.13. The fraction of sp³-hybridized carbons (Fsp3) is 0.381. The number of anilines is 1. The van der Waals surface area contributed by atoms with Gasteiger partial charge >= 0.3 is 0 Å². The van der Waals surface area contributed by atoms with Crippen molar-refractivity contribution in [2.45, 2.75) is 44.7 Å². The number of carbonyl (C=O) groups is 1. The van der Waals surface area contributed by atoms with Crippen molar-refractivity contribution in [3.8, 4) is 0 Å². The monoisotopic (exact) mass is 386 g/mol. The summed E-state index contributed by atoms with van der Waals surface area (Å²) in [4.78, 5) is 13.1. The molecule has 0 aliphatic heterocycles. The number of carbonyl (C=O) groups excluding carboxylic acids is 1. The van der Waals surface area contributed by atoms with Crippen LogP contribution in [0, 0.1) is 0 Å². The average Bonchev–Trinajstić information content (AvgIpc) is 2.66. The van der Waals surface area contributed by atoms with Crippen molar-refractivity contribution >= 4 is 21.6 Å². The maximum absolute atomic E-state index is 13.1. The minimum absolute atomic E-state index is 0.0753. The second-order valence-corrected chi connectivity index (χ2v) is 8.83. The number of fused-ring (bicyclic) bond motifs is 1. The van der Waals surface area contributed by atoms with E-state index >= 15 is 0 Å². The molecule has 5 nitrogen and oxygen atoms in total. The van der Waals surface area contributed by atoms with Crippen LogP contribution in [0.4, 0.5) is 5.69 Å². The molecule has 1 aliphatic rings. The molecule has 6 heteroatoms. The van der Waals surface area contributed by atoms with Crippen LogP contribution in [0.3, 0.4) is 0 Å². The molecule has 0 spiro atoms. The zero-order valence-corrected chi connectivity index (χ0v) is 16.6. The summed E-state index contributed by atoms with van der Waals surface area (Å²) in [5.41, 5.74) is 2.90. The summed E-state index contributed by atoms with van der Waals surface area (Å²) in [5.74, 6) is -0.256. The molecule has 0 saturated carbocycles. The molecule has 3 rings (SSSR count). The van der Waals surface area contributed by atoms with Crippen molar-refractivity contribution in [3.63, 3.8) is 0 Å². The molecular weight excluding hydrogens is 360 g/mol. The maximum Gasteiger partial charge on any atom is 0.244 e. The SMILES string of the molecule is CC[C@@H](C(=O)N[C@H]1CCCc2ccccc21)N(c1ccccc1)S(C)(=O)=O. The van der Waals surface area contributed by atoms with E-state index in [1.807, 2.05) is 31.2 Å². The Labute approximate surface area is 161 Å². The first-order valence-electron chi connectivity index (χ1n) is 9.34. The van der Waals surface area contributed by atoms with Gasteiger partial charge in [0.05, 0.1) is 18.0 Å². The Bertz CT molecular complexity index is 897. The van der Waals surface area contributed by atoms with Crippen LogP contribution in [-0.4, -0.2) is 26.6 Å². The zero-order valence-electron chi connectivity index (χ0n) is 15.8. The molecule has 2 aromatic carbocycles. The van der Waals surface area contributed by atoms with Gasteiger partial charge in [0, 0.05) is 0 Å². The number of benzene rings is 2. The molecule has 0 fully saturated rings. The number of aryl methyl sites for hydroxylation is 1. The zero-order chi connectivity index (χ0) is 19.4. The molecule has 0 unspecified atom stereocenters. The van der Waals surface area contributed by atoms with Gasteiger partial charge in [0.1, 0.15) is 6.04 Å². The van der Waals surface area contributed by atoms with E-state index in [0.29, 0.717) is 12.1 Å². The van der Waals surface area contributed by atoms with Crippen LogP contribution in [0.25, 0.3) is 0 Å². The third-order valence-electron chi connectivity index (χ3n) is 5.03. The lowest BCUT2D eigenvalue weighted by Crippen LogP contribution is -2.50. The molecule has 1 N–H and O–H groups in total. The smallest absolute Gasteiger partial charge is 0.244 e. The van der Waals surface area contributed by atoms with Crippen LogP contribution in [-0.2, 0) is 21.2 Å². The molecule has 0 aromatic heterocycles. The third-order valence-corrected chi connectivity index (χ3v) is 6.21.